The first-order chi connectivity index (χ1) is 7.31. The van der Waals surface area contributed by atoms with Gasteiger partial charge in [0.1, 0.15) is 5.15 Å². The molecule has 0 spiro atoms. The molecule has 0 bridgehead atoms. The van der Waals surface area contributed by atoms with Gasteiger partial charge >= 0.3 is 0 Å². The summed E-state index contributed by atoms with van der Waals surface area (Å²) in [4.78, 5) is 0. The van der Waals surface area contributed by atoms with Crippen LogP contribution in [0.2, 0.25) is 5.15 Å². The zero-order valence-electron chi connectivity index (χ0n) is 8.90. The van der Waals surface area contributed by atoms with Gasteiger partial charge in [-0.3, -0.25) is 4.68 Å². The Hall–Kier alpha value is -0.540. The van der Waals surface area contributed by atoms with Gasteiger partial charge in [0.05, 0.1) is 12.2 Å². The van der Waals surface area contributed by atoms with Gasteiger partial charge in [0.15, 0.2) is 0 Å². The molecule has 0 amide bonds. The van der Waals surface area contributed by atoms with E-state index in [2.05, 4.69) is 5.10 Å². The van der Waals surface area contributed by atoms with Crippen LogP contribution in [0.4, 0.5) is 0 Å². The van der Waals surface area contributed by atoms with Crippen molar-refractivity contribution in [3.8, 4) is 0 Å². The summed E-state index contributed by atoms with van der Waals surface area (Å²) in [6, 6.07) is 2.34. The second kappa shape index (κ2) is 4.99. The fourth-order valence-corrected chi connectivity index (χ4v) is 2.79. The van der Waals surface area contributed by atoms with Crippen molar-refractivity contribution in [2.45, 2.75) is 38.1 Å². The lowest BCUT2D eigenvalue weighted by Gasteiger charge is -2.29. The van der Waals surface area contributed by atoms with Gasteiger partial charge in [-0.15, -0.1) is 0 Å². The fraction of sp³-hybridized carbons (Fsp3) is 0.727. The molecule has 15 heavy (non-hydrogen) atoms. The molecule has 4 heteroatoms. The summed E-state index contributed by atoms with van der Waals surface area (Å²) in [5.41, 5.74) is 5.60. The first kappa shape index (κ1) is 11.0. The Morgan fingerprint density at radius 3 is 3.07 bits per heavy atom. The van der Waals surface area contributed by atoms with E-state index in [0.29, 0.717) is 6.04 Å². The Morgan fingerprint density at radius 1 is 1.53 bits per heavy atom. The molecule has 1 aromatic heterocycles. The standard InChI is InChI=1S/C11H18ClN3/c12-11-5-7-14-15(11)10-3-1-2-9(8-10)4-6-13/h5,7,9-10H,1-4,6,8,13H2. The molecule has 1 aliphatic carbocycles. The fourth-order valence-electron chi connectivity index (χ4n) is 2.55. The van der Waals surface area contributed by atoms with Crippen LogP contribution >= 0.6 is 11.6 Å². The van der Waals surface area contributed by atoms with Crippen LogP contribution in [0.5, 0.6) is 0 Å². The Kier molecular flexibility index (Phi) is 3.65. The minimum atomic E-state index is 0.484. The van der Waals surface area contributed by atoms with Crippen LogP contribution in [0.1, 0.15) is 38.1 Å². The third kappa shape index (κ3) is 2.52. The van der Waals surface area contributed by atoms with E-state index in [1.165, 1.54) is 25.7 Å². The lowest BCUT2D eigenvalue weighted by atomic mass is 9.84. The molecule has 2 atom stereocenters. The van der Waals surface area contributed by atoms with Crippen LogP contribution < -0.4 is 5.73 Å². The van der Waals surface area contributed by atoms with E-state index < -0.39 is 0 Å². The summed E-state index contributed by atoms with van der Waals surface area (Å²) < 4.78 is 1.96. The zero-order valence-corrected chi connectivity index (χ0v) is 9.66. The average molecular weight is 228 g/mol. The van der Waals surface area contributed by atoms with Gasteiger partial charge in [0.2, 0.25) is 0 Å². The van der Waals surface area contributed by atoms with Crippen molar-refractivity contribution in [1.82, 2.24) is 9.78 Å². The first-order valence-electron chi connectivity index (χ1n) is 5.70. The van der Waals surface area contributed by atoms with E-state index in [-0.39, 0.29) is 0 Å². The molecular weight excluding hydrogens is 210 g/mol. The number of nitrogens with two attached hydrogens (primary N) is 1. The van der Waals surface area contributed by atoms with E-state index in [1.807, 2.05) is 10.7 Å². The van der Waals surface area contributed by atoms with E-state index in [0.717, 1.165) is 24.0 Å². The highest BCUT2D eigenvalue weighted by molar-refractivity contribution is 6.29. The quantitative estimate of drug-likeness (QED) is 0.863. The van der Waals surface area contributed by atoms with Gasteiger partial charge in [-0.05, 0) is 37.8 Å². The smallest absolute Gasteiger partial charge is 0.127 e. The molecule has 1 aliphatic rings. The molecular formula is C11H18ClN3. The predicted molar refractivity (Wildman–Crippen MR) is 61.9 cm³/mol. The maximum absolute atomic E-state index is 6.07. The summed E-state index contributed by atoms with van der Waals surface area (Å²) in [7, 11) is 0. The summed E-state index contributed by atoms with van der Waals surface area (Å²) in [6.07, 6.45) is 7.86. The van der Waals surface area contributed by atoms with Gasteiger partial charge in [-0.1, -0.05) is 24.4 Å². The van der Waals surface area contributed by atoms with Gasteiger partial charge in [0, 0.05) is 0 Å². The summed E-state index contributed by atoms with van der Waals surface area (Å²) >= 11 is 6.07. The Labute approximate surface area is 95.6 Å². The summed E-state index contributed by atoms with van der Waals surface area (Å²) in [5.74, 6) is 0.758. The Balaban J connectivity index is 2.01. The van der Waals surface area contributed by atoms with Crippen LogP contribution in [-0.4, -0.2) is 16.3 Å². The lowest BCUT2D eigenvalue weighted by molar-refractivity contribution is 0.245. The van der Waals surface area contributed by atoms with Crippen LogP contribution in [-0.2, 0) is 0 Å². The normalized spacial score (nSPS) is 26.8. The summed E-state index contributed by atoms with van der Waals surface area (Å²) in [5, 5.41) is 5.05. The minimum Gasteiger partial charge on any atom is -0.330 e. The maximum atomic E-state index is 6.07. The van der Waals surface area contributed by atoms with Gasteiger partial charge in [-0.25, -0.2) is 0 Å². The van der Waals surface area contributed by atoms with Gasteiger partial charge < -0.3 is 5.73 Å². The molecule has 1 saturated carbocycles. The molecule has 1 aromatic rings. The minimum absolute atomic E-state index is 0.484. The molecule has 84 valence electrons. The van der Waals surface area contributed by atoms with E-state index >= 15 is 0 Å². The summed E-state index contributed by atoms with van der Waals surface area (Å²) in [6.45, 7) is 0.796. The highest BCUT2D eigenvalue weighted by atomic mass is 35.5. The SMILES string of the molecule is NCCC1CCCC(n2nccc2Cl)C1. The van der Waals surface area contributed by atoms with Crippen molar-refractivity contribution in [3.63, 3.8) is 0 Å². The van der Waals surface area contributed by atoms with Gasteiger partial charge in [-0.2, -0.15) is 5.10 Å². The van der Waals surface area contributed by atoms with Crippen molar-refractivity contribution >= 4 is 11.6 Å². The Morgan fingerprint density at radius 2 is 2.40 bits per heavy atom. The molecule has 0 saturated heterocycles. The zero-order chi connectivity index (χ0) is 10.7. The lowest BCUT2D eigenvalue weighted by Crippen LogP contribution is -2.22. The van der Waals surface area contributed by atoms with E-state index in [1.54, 1.807) is 6.20 Å². The number of hydrogen-bond donors (Lipinski definition) is 1. The monoisotopic (exact) mass is 227 g/mol. The molecule has 0 aliphatic heterocycles. The molecule has 2 N–H and O–H groups in total. The maximum Gasteiger partial charge on any atom is 0.127 e. The van der Waals surface area contributed by atoms with Crippen molar-refractivity contribution in [3.05, 3.63) is 17.4 Å². The highest BCUT2D eigenvalue weighted by Crippen LogP contribution is 2.34. The largest absolute Gasteiger partial charge is 0.330 e. The van der Waals surface area contributed by atoms with Crippen LogP contribution in [0.3, 0.4) is 0 Å². The second-order valence-electron chi connectivity index (χ2n) is 4.36. The number of hydrogen-bond acceptors (Lipinski definition) is 2. The van der Waals surface area contributed by atoms with Crippen LogP contribution in [0.25, 0.3) is 0 Å². The molecule has 1 heterocycles. The highest BCUT2D eigenvalue weighted by Gasteiger charge is 2.24. The predicted octanol–water partition coefficient (Wildman–Crippen LogP) is 2.62. The van der Waals surface area contributed by atoms with Crippen molar-refractivity contribution in [2.24, 2.45) is 11.7 Å². The van der Waals surface area contributed by atoms with Crippen molar-refractivity contribution < 1.29 is 0 Å². The van der Waals surface area contributed by atoms with Crippen molar-refractivity contribution in [1.29, 1.82) is 0 Å². The molecule has 2 unspecified atom stereocenters. The number of rotatable bonds is 3. The first-order valence-corrected chi connectivity index (χ1v) is 6.08. The van der Waals surface area contributed by atoms with Crippen LogP contribution in [0, 0.1) is 5.92 Å². The average Bonchev–Trinajstić information content (AvgIpc) is 2.65. The van der Waals surface area contributed by atoms with Crippen molar-refractivity contribution in [2.75, 3.05) is 6.54 Å². The Bertz CT molecular complexity index is 309. The van der Waals surface area contributed by atoms with E-state index in [4.69, 9.17) is 17.3 Å². The number of halogens is 1. The third-order valence-corrected chi connectivity index (χ3v) is 3.60. The number of aromatic nitrogens is 2. The third-order valence-electron chi connectivity index (χ3n) is 3.30. The van der Waals surface area contributed by atoms with E-state index in [9.17, 15) is 0 Å². The molecule has 0 radical (unpaired) electrons. The van der Waals surface area contributed by atoms with Crippen LogP contribution in [0.15, 0.2) is 12.3 Å². The number of nitrogens with zero attached hydrogens (tertiary/aromatic N) is 2. The molecule has 0 aromatic carbocycles. The molecule has 2 rings (SSSR count). The van der Waals surface area contributed by atoms with Gasteiger partial charge in [0.25, 0.3) is 0 Å². The topological polar surface area (TPSA) is 43.8 Å². The molecule has 3 nitrogen and oxygen atoms in total. The molecule has 1 fully saturated rings. The second-order valence-corrected chi connectivity index (χ2v) is 4.75.